The van der Waals surface area contributed by atoms with Crippen LogP contribution in [0, 0.1) is 10.1 Å². The first-order chi connectivity index (χ1) is 7.61. The lowest BCUT2D eigenvalue weighted by Crippen LogP contribution is -1.93. The minimum absolute atomic E-state index is 0.109. The second-order valence-corrected chi connectivity index (χ2v) is 3.91. The van der Waals surface area contributed by atoms with Crippen molar-refractivity contribution in [1.29, 1.82) is 0 Å². The molecular formula is C11H10N2O2S. The molecule has 0 amide bonds. The minimum Gasteiger partial charge on any atom is -0.258 e. The topological polar surface area (TPSA) is 56.0 Å². The molecule has 0 unspecified atom stereocenters. The molecule has 4 nitrogen and oxygen atoms in total. The SMILES string of the molecule is CCc1cc([N+](=O)[O-])cc2ccc(S)nc12. The van der Waals surface area contributed by atoms with Crippen LogP contribution in [0.2, 0.25) is 0 Å². The van der Waals surface area contributed by atoms with Gasteiger partial charge in [0, 0.05) is 17.5 Å². The van der Waals surface area contributed by atoms with E-state index in [-0.39, 0.29) is 10.6 Å². The van der Waals surface area contributed by atoms with Crippen LogP contribution in [0.15, 0.2) is 29.3 Å². The maximum Gasteiger partial charge on any atom is 0.270 e. The summed E-state index contributed by atoms with van der Waals surface area (Å²) in [6.07, 6.45) is 0.711. The Hall–Kier alpha value is -1.62. The number of non-ortho nitro benzene ring substituents is 1. The fourth-order valence-electron chi connectivity index (χ4n) is 1.66. The molecule has 2 aromatic rings. The number of hydrogen-bond acceptors (Lipinski definition) is 4. The van der Waals surface area contributed by atoms with E-state index in [0.717, 1.165) is 16.5 Å². The van der Waals surface area contributed by atoms with E-state index in [2.05, 4.69) is 17.6 Å². The number of pyridine rings is 1. The van der Waals surface area contributed by atoms with Crippen LogP contribution in [0.25, 0.3) is 10.9 Å². The molecule has 1 heterocycles. The molecule has 0 radical (unpaired) electrons. The number of fused-ring (bicyclic) bond motifs is 1. The highest BCUT2D eigenvalue weighted by atomic mass is 32.1. The van der Waals surface area contributed by atoms with Gasteiger partial charge in [0.2, 0.25) is 0 Å². The van der Waals surface area contributed by atoms with E-state index in [1.807, 2.05) is 6.92 Å². The lowest BCUT2D eigenvalue weighted by Gasteiger charge is -2.04. The summed E-state index contributed by atoms with van der Waals surface area (Å²) in [7, 11) is 0. The first kappa shape index (κ1) is 10.9. The number of aromatic nitrogens is 1. The first-order valence-electron chi connectivity index (χ1n) is 4.89. The molecule has 0 N–H and O–H groups in total. The second kappa shape index (κ2) is 4.09. The molecule has 1 aromatic carbocycles. The molecule has 5 heteroatoms. The summed E-state index contributed by atoms with van der Waals surface area (Å²) in [6.45, 7) is 1.95. The van der Waals surface area contributed by atoms with Gasteiger partial charge in [-0.05, 0) is 24.1 Å². The van der Waals surface area contributed by atoms with E-state index in [0.29, 0.717) is 11.4 Å². The van der Waals surface area contributed by atoms with Crippen LogP contribution in [0.5, 0.6) is 0 Å². The van der Waals surface area contributed by atoms with Crippen LogP contribution < -0.4 is 0 Å². The average molecular weight is 234 g/mol. The molecule has 0 atom stereocenters. The van der Waals surface area contributed by atoms with Gasteiger partial charge in [0.25, 0.3) is 5.69 Å². The van der Waals surface area contributed by atoms with E-state index in [1.165, 1.54) is 6.07 Å². The number of thiol groups is 1. The summed E-state index contributed by atoms with van der Waals surface area (Å²) in [5.41, 5.74) is 1.78. The van der Waals surface area contributed by atoms with Crippen molar-refractivity contribution >= 4 is 29.2 Å². The van der Waals surface area contributed by atoms with E-state index in [1.54, 1.807) is 18.2 Å². The molecule has 0 aliphatic rings. The summed E-state index contributed by atoms with van der Waals surface area (Å²) >= 11 is 4.17. The molecule has 1 aromatic heterocycles. The van der Waals surface area contributed by atoms with Crippen LogP contribution in [-0.4, -0.2) is 9.91 Å². The Labute approximate surface area is 97.9 Å². The number of nitro groups is 1. The quantitative estimate of drug-likeness (QED) is 0.493. The van der Waals surface area contributed by atoms with Gasteiger partial charge in [0.1, 0.15) is 0 Å². The van der Waals surface area contributed by atoms with Crippen molar-refractivity contribution in [3.8, 4) is 0 Å². The van der Waals surface area contributed by atoms with E-state index in [9.17, 15) is 10.1 Å². The van der Waals surface area contributed by atoms with Gasteiger partial charge in [-0.2, -0.15) is 0 Å². The third kappa shape index (κ3) is 1.86. The van der Waals surface area contributed by atoms with Gasteiger partial charge in [-0.1, -0.05) is 6.92 Å². The van der Waals surface area contributed by atoms with Crippen LogP contribution in [0.4, 0.5) is 5.69 Å². The fourth-order valence-corrected chi connectivity index (χ4v) is 1.83. The number of nitro benzene ring substituents is 1. The van der Waals surface area contributed by atoms with Crippen LogP contribution in [0.1, 0.15) is 12.5 Å². The van der Waals surface area contributed by atoms with Gasteiger partial charge >= 0.3 is 0 Å². The highest BCUT2D eigenvalue weighted by Crippen LogP contribution is 2.25. The normalized spacial score (nSPS) is 10.6. The van der Waals surface area contributed by atoms with Crippen molar-refractivity contribution in [1.82, 2.24) is 4.98 Å². The molecule has 82 valence electrons. The molecule has 0 saturated carbocycles. The number of benzene rings is 1. The zero-order valence-electron chi connectivity index (χ0n) is 8.67. The van der Waals surface area contributed by atoms with Crippen LogP contribution in [-0.2, 0) is 6.42 Å². The van der Waals surface area contributed by atoms with Gasteiger partial charge in [0.05, 0.1) is 15.5 Å². The summed E-state index contributed by atoms with van der Waals surface area (Å²) in [6, 6.07) is 6.64. The summed E-state index contributed by atoms with van der Waals surface area (Å²) < 4.78 is 0. The molecule has 0 fully saturated rings. The monoisotopic (exact) mass is 234 g/mol. The van der Waals surface area contributed by atoms with Crippen molar-refractivity contribution in [2.45, 2.75) is 18.4 Å². The molecule has 2 rings (SSSR count). The van der Waals surface area contributed by atoms with Gasteiger partial charge < -0.3 is 0 Å². The highest BCUT2D eigenvalue weighted by molar-refractivity contribution is 7.80. The third-order valence-electron chi connectivity index (χ3n) is 2.43. The minimum atomic E-state index is -0.382. The number of rotatable bonds is 2. The maximum absolute atomic E-state index is 10.7. The van der Waals surface area contributed by atoms with E-state index < -0.39 is 0 Å². The van der Waals surface area contributed by atoms with Crippen molar-refractivity contribution in [2.24, 2.45) is 0 Å². The molecule has 0 saturated heterocycles. The number of hydrogen-bond donors (Lipinski definition) is 1. The lowest BCUT2D eigenvalue weighted by molar-refractivity contribution is -0.384. The predicted octanol–water partition coefficient (Wildman–Crippen LogP) is 2.99. The summed E-state index contributed by atoms with van der Waals surface area (Å²) in [5, 5.41) is 12.2. The zero-order chi connectivity index (χ0) is 11.7. The van der Waals surface area contributed by atoms with Gasteiger partial charge in [0.15, 0.2) is 0 Å². The highest BCUT2D eigenvalue weighted by Gasteiger charge is 2.11. The van der Waals surface area contributed by atoms with Crippen molar-refractivity contribution in [3.05, 3.63) is 39.9 Å². The zero-order valence-corrected chi connectivity index (χ0v) is 9.57. The van der Waals surface area contributed by atoms with E-state index >= 15 is 0 Å². The number of nitrogens with zero attached hydrogens (tertiary/aromatic N) is 2. The van der Waals surface area contributed by atoms with Crippen molar-refractivity contribution in [3.63, 3.8) is 0 Å². The van der Waals surface area contributed by atoms with Gasteiger partial charge in [-0.15, -0.1) is 12.6 Å². The molecule has 0 bridgehead atoms. The van der Waals surface area contributed by atoms with Gasteiger partial charge in [-0.3, -0.25) is 10.1 Å². The molecule has 0 aliphatic carbocycles. The first-order valence-corrected chi connectivity index (χ1v) is 5.33. The molecule has 16 heavy (non-hydrogen) atoms. The third-order valence-corrected chi connectivity index (χ3v) is 2.68. The largest absolute Gasteiger partial charge is 0.270 e. The molecule has 0 spiro atoms. The lowest BCUT2D eigenvalue weighted by atomic mass is 10.1. The Bertz CT molecular complexity index is 569. The molecular weight excluding hydrogens is 224 g/mol. The van der Waals surface area contributed by atoms with Gasteiger partial charge in [-0.25, -0.2) is 4.98 Å². The van der Waals surface area contributed by atoms with Crippen molar-refractivity contribution < 1.29 is 4.92 Å². The Morgan fingerprint density at radius 1 is 1.44 bits per heavy atom. The standard InChI is InChI=1S/C11H10N2O2S/c1-2-7-5-9(13(14)15)6-8-3-4-10(16)12-11(7)8/h3-6H,2H2,1H3,(H,12,16). The molecule has 0 aliphatic heterocycles. The van der Waals surface area contributed by atoms with Crippen molar-refractivity contribution in [2.75, 3.05) is 0 Å². The predicted molar refractivity (Wildman–Crippen MR) is 65.0 cm³/mol. The second-order valence-electron chi connectivity index (χ2n) is 3.46. The Morgan fingerprint density at radius 2 is 2.19 bits per heavy atom. The van der Waals surface area contributed by atoms with E-state index in [4.69, 9.17) is 0 Å². The Morgan fingerprint density at radius 3 is 2.81 bits per heavy atom. The number of aryl methyl sites for hydroxylation is 1. The summed E-state index contributed by atoms with van der Waals surface area (Å²) in [5.74, 6) is 0. The van der Waals surface area contributed by atoms with Crippen LogP contribution >= 0.6 is 12.6 Å². The Kier molecular flexibility index (Phi) is 2.78. The van der Waals surface area contributed by atoms with Crippen LogP contribution in [0.3, 0.4) is 0 Å². The summed E-state index contributed by atoms with van der Waals surface area (Å²) in [4.78, 5) is 14.7. The Balaban J connectivity index is 2.78. The average Bonchev–Trinajstić information content (AvgIpc) is 2.27. The smallest absolute Gasteiger partial charge is 0.258 e. The fraction of sp³-hybridized carbons (Fsp3) is 0.182. The maximum atomic E-state index is 10.7.